The van der Waals surface area contributed by atoms with Gasteiger partial charge >= 0.3 is 0 Å². The average molecular weight is 257 g/mol. The molecule has 0 radical (unpaired) electrons. The maximum absolute atomic E-state index is 11.6. The van der Waals surface area contributed by atoms with Gasteiger partial charge in [-0.3, -0.25) is 4.79 Å². The largest absolute Gasteiger partial charge is 0.349 e. The lowest BCUT2D eigenvalue weighted by atomic mass is 10.0. The van der Waals surface area contributed by atoms with Crippen molar-refractivity contribution < 1.29 is 4.79 Å². The van der Waals surface area contributed by atoms with Crippen molar-refractivity contribution in [1.29, 1.82) is 0 Å². The first-order valence-electron chi connectivity index (χ1n) is 5.73. The van der Waals surface area contributed by atoms with Crippen LogP contribution in [-0.2, 0) is 4.79 Å². The summed E-state index contributed by atoms with van der Waals surface area (Å²) in [4.78, 5) is 11.6. The molecule has 0 aliphatic heterocycles. The maximum atomic E-state index is 11.6. The average Bonchev–Trinajstić information content (AvgIpc) is 2.26. The van der Waals surface area contributed by atoms with Crippen LogP contribution in [0, 0.1) is 0 Å². The van der Waals surface area contributed by atoms with Gasteiger partial charge in [0.05, 0.1) is 6.04 Å². The van der Waals surface area contributed by atoms with Gasteiger partial charge in [-0.25, -0.2) is 0 Å². The molecule has 0 bridgehead atoms. The van der Waals surface area contributed by atoms with E-state index in [0.29, 0.717) is 6.42 Å². The van der Waals surface area contributed by atoms with Crippen molar-refractivity contribution >= 4 is 18.3 Å². The molecule has 0 fully saturated rings. The molecule has 0 aliphatic rings. The number of benzene rings is 1. The Labute approximate surface area is 109 Å². The van der Waals surface area contributed by atoms with Gasteiger partial charge in [0.25, 0.3) is 0 Å². The quantitative estimate of drug-likeness (QED) is 0.850. The van der Waals surface area contributed by atoms with E-state index in [2.05, 4.69) is 12.2 Å². The number of amides is 1. The maximum Gasteiger partial charge on any atom is 0.222 e. The van der Waals surface area contributed by atoms with Crippen molar-refractivity contribution in [3.05, 3.63) is 35.9 Å². The van der Waals surface area contributed by atoms with Crippen LogP contribution in [0.1, 0.15) is 38.3 Å². The van der Waals surface area contributed by atoms with Crippen LogP contribution in [-0.4, -0.2) is 11.9 Å². The fourth-order valence-corrected chi connectivity index (χ4v) is 1.65. The van der Waals surface area contributed by atoms with E-state index in [1.54, 1.807) is 0 Å². The number of nitrogens with one attached hydrogen (secondary N) is 1. The molecule has 2 atom stereocenters. The van der Waals surface area contributed by atoms with Crippen molar-refractivity contribution in [2.24, 2.45) is 5.73 Å². The number of hydrogen-bond acceptors (Lipinski definition) is 2. The Hall–Kier alpha value is -1.06. The number of rotatable bonds is 5. The third-order valence-electron chi connectivity index (χ3n) is 2.45. The minimum Gasteiger partial charge on any atom is -0.349 e. The first kappa shape index (κ1) is 15.9. The van der Waals surface area contributed by atoms with Crippen LogP contribution in [0.25, 0.3) is 0 Å². The predicted molar refractivity (Wildman–Crippen MR) is 73.1 cm³/mol. The van der Waals surface area contributed by atoms with Crippen LogP contribution in [0.4, 0.5) is 0 Å². The van der Waals surface area contributed by atoms with E-state index in [1.165, 1.54) is 0 Å². The van der Waals surface area contributed by atoms with Crippen LogP contribution in [0.5, 0.6) is 0 Å². The van der Waals surface area contributed by atoms with Crippen molar-refractivity contribution in [3.8, 4) is 0 Å². The van der Waals surface area contributed by atoms with E-state index in [-0.39, 0.29) is 30.4 Å². The normalized spacial score (nSPS) is 13.4. The summed E-state index contributed by atoms with van der Waals surface area (Å²) in [6.07, 6.45) is 1.26. The zero-order chi connectivity index (χ0) is 12.0. The minimum atomic E-state index is -0.0896. The van der Waals surface area contributed by atoms with E-state index in [9.17, 15) is 4.79 Å². The summed E-state index contributed by atoms with van der Waals surface area (Å²) >= 11 is 0. The minimum absolute atomic E-state index is 0. The molecule has 4 heteroatoms. The fraction of sp³-hybridized carbons (Fsp3) is 0.462. The van der Waals surface area contributed by atoms with Crippen molar-refractivity contribution in [3.63, 3.8) is 0 Å². The van der Waals surface area contributed by atoms with Crippen LogP contribution < -0.4 is 11.1 Å². The molecule has 0 spiro atoms. The molecule has 96 valence electrons. The highest BCUT2D eigenvalue weighted by atomic mass is 35.5. The van der Waals surface area contributed by atoms with Gasteiger partial charge < -0.3 is 11.1 Å². The summed E-state index contributed by atoms with van der Waals surface area (Å²) in [5, 5.41) is 3.00. The molecular weight excluding hydrogens is 236 g/mol. The Balaban J connectivity index is 0.00000256. The van der Waals surface area contributed by atoms with E-state index in [4.69, 9.17) is 5.73 Å². The molecule has 0 heterocycles. The van der Waals surface area contributed by atoms with Gasteiger partial charge in [0.15, 0.2) is 0 Å². The van der Waals surface area contributed by atoms with Gasteiger partial charge in [-0.05, 0) is 18.9 Å². The monoisotopic (exact) mass is 256 g/mol. The van der Waals surface area contributed by atoms with E-state index < -0.39 is 0 Å². The molecule has 2 unspecified atom stereocenters. The molecule has 0 saturated heterocycles. The molecule has 17 heavy (non-hydrogen) atoms. The lowest BCUT2D eigenvalue weighted by Crippen LogP contribution is -2.32. The molecule has 0 aliphatic carbocycles. The Morgan fingerprint density at radius 1 is 1.35 bits per heavy atom. The molecule has 0 saturated carbocycles. The highest BCUT2D eigenvalue weighted by molar-refractivity contribution is 5.85. The smallest absolute Gasteiger partial charge is 0.222 e. The van der Waals surface area contributed by atoms with Gasteiger partial charge in [0.2, 0.25) is 5.91 Å². The van der Waals surface area contributed by atoms with Gasteiger partial charge in [-0.15, -0.1) is 12.4 Å². The summed E-state index contributed by atoms with van der Waals surface area (Å²) in [6.45, 7) is 3.90. The number of carbonyl (C=O) groups excluding carboxylic acids is 1. The van der Waals surface area contributed by atoms with Crippen molar-refractivity contribution in [2.75, 3.05) is 0 Å². The molecule has 1 amide bonds. The molecule has 1 aromatic carbocycles. The van der Waals surface area contributed by atoms with Crippen LogP contribution in [0.3, 0.4) is 0 Å². The molecular formula is C13H21ClN2O. The Morgan fingerprint density at radius 2 is 1.94 bits per heavy atom. The van der Waals surface area contributed by atoms with Crippen molar-refractivity contribution in [1.82, 2.24) is 5.32 Å². The number of carbonyl (C=O) groups is 1. The standard InChI is InChI=1S/C13H20N2O.ClH/c1-3-12(11-7-5-4-6-8-11)15-13(16)9-10(2)14;/h4-8,10,12H,3,9,14H2,1-2H3,(H,15,16);1H. The van der Waals surface area contributed by atoms with Crippen LogP contribution >= 0.6 is 12.4 Å². The summed E-state index contributed by atoms with van der Waals surface area (Å²) in [5.74, 6) is 0.0192. The van der Waals surface area contributed by atoms with E-state index >= 15 is 0 Å². The van der Waals surface area contributed by atoms with Gasteiger partial charge in [0.1, 0.15) is 0 Å². The summed E-state index contributed by atoms with van der Waals surface area (Å²) in [6, 6.07) is 9.99. The van der Waals surface area contributed by atoms with Crippen LogP contribution in [0.2, 0.25) is 0 Å². The predicted octanol–water partition coefficient (Wildman–Crippen LogP) is 2.41. The second kappa shape index (κ2) is 8.09. The fourth-order valence-electron chi connectivity index (χ4n) is 1.65. The molecule has 1 aromatic rings. The summed E-state index contributed by atoms with van der Waals surface area (Å²) in [7, 11) is 0. The lowest BCUT2D eigenvalue weighted by Gasteiger charge is -2.18. The Bertz CT molecular complexity index is 327. The van der Waals surface area contributed by atoms with Crippen molar-refractivity contribution in [2.45, 2.75) is 38.8 Å². The first-order chi connectivity index (χ1) is 7.63. The van der Waals surface area contributed by atoms with E-state index in [0.717, 1.165) is 12.0 Å². The molecule has 3 N–H and O–H groups in total. The zero-order valence-electron chi connectivity index (χ0n) is 10.3. The number of nitrogens with two attached hydrogens (primary N) is 1. The lowest BCUT2D eigenvalue weighted by molar-refractivity contribution is -0.122. The van der Waals surface area contributed by atoms with E-state index in [1.807, 2.05) is 37.3 Å². The van der Waals surface area contributed by atoms with Gasteiger partial charge in [-0.2, -0.15) is 0 Å². The van der Waals surface area contributed by atoms with Gasteiger partial charge in [-0.1, -0.05) is 37.3 Å². The SMILES string of the molecule is CCC(NC(=O)CC(C)N)c1ccccc1.Cl. The second-order valence-electron chi connectivity index (χ2n) is 4.12. The number of hydrogen-bond donors (Lipinski definition) is 2. The summed E-state index contributed by atoms with van der Waals surface area (Å²) in [5.41, 5.74) is 6.73. The molecule has 0 aromatic heterocycles. The third-order valence-corrected chi connectivity index (χ3v) is 2.45. The first-order valence-corrected chi connectivity index (χ1v) is 5.73. The third kappa shape index (κ3) is 5.71. The second-order valence-corrected chi connectivity index (χ2v) is 4.12. The van der Waals surface area contributed by atoms with Crippen LogP contribution in [0.15, 0.2) is 30.3 Å². The molecule has 3 nitrogen and oxygen atoms in total. The number of halogens is 1. The zero-order valence-corrected chi connectivity index (χ0v) is 11.2. The topological polar surface area (TPSA) is 55.1 Å². The highest BCUT2D eigenvalue weighted by Gasteiger charge is 2.12. The summed E-state index contributed by atoms with van der Waals surface area (Å²) < 4.78 is 0. The Morgan fingerprint density at radius 3 is 2.41 bits per heavy atom. The Kier molecular flexibility index (Phi) is 7.59. The van der Waals surface area contributed by atoms with Gasteiger partial charge in [0, 0.05) is 12.5 Å². The highest BCUT2D eigenvalue weighted by Crippen LogP contribution is 2.15. The molecule has 1 rings (SSSR count).